The molecule has 0 spiro atoms. The van der Waals surface area contributed by atoms with Crippen molar-refractivity contribution < 1.29 is 0 Å². The Balaban J connectivity index is 2.07. The van der Waals surface area contributed by atoms with Crippen molar-refractivity contribution in [2.45, 2.75) is 26.8 Å². The largest absolute Gasteiger partial charge is 0.311 e. The highest BCUT2D eigenvalue weighted by atomic mass is 15.3. The fourth-order valence-corrected chi connectivity index (χ4v) is 2.42. The van der Waals surface area contributed by atoms with Gasteiger partial charge in [0.1, 0.15) is 0 Å². The lowest BCUT2D eigenvalue weighted by Crippen LogP contribution is -2.15. The molecule has 0 bridgehead atoms. The number of aromatic nitrogens is 3. The summed E-state index contributed by atoms with van der Waals surface area (Å²) in [5, 5.41) is 10.1. The molecule has 1 aromatic carbocycles. The zero-order chi connectivity index (χ0) is 14.7. The van der Waals surface area contributed by atoms with Gasteiger partial charge in [0.05, 0.1) is 11.9 Å². The van der Waals surface area contributed by atoms with Gasteiger partial charge in [0.2, 0.25) is 0 Å². The second kappa shape index (κ2) is 6.06. The van der Waals surface area contributed by atoms with Crippen LogP contribution in [0.5, 0.6) is 0 Å². The van der Waals surface area contributed by atoms with Gasteiger partial charge in [0.25, 0.3) is 0 Å². The Morgan fingerprint density at radius 1 is 1.24 bits per heavy atom. The number of nitrogens with zero attached hydrogens (tertiary/aromatic N) is 3. The van der Waals surface area contributed by atoms with Crippen LogP contribution in [0.15, 0.2) is 42.7 Å². The van der Waals surface area contributed by atoms with Crippen molar-refractivity contribution in [3.8, 4) is 5.82 Å². The predicted molar refractivity (Wildman–Crippen MR) is 85.6 cm³/mol. The van der Waals surface area contributed by atoms with Crippen LogP contribution in [-0.2, 0) is 6.54 Å². The summed E-state index contributed by atoms with van der Waals surface area (Å²) in [4.78, 5) is 4.79. The van der Waals surface area contributed by atoms with Crippen LogP contribution in [0, 0.1) is 6.92 Å². The van der Waals surface area contributed by atoms with Crippen LogP contribution in [0.2, 0.25) is 0 Å². The van der Waals surface area contributed by atoms with Crippen molar-refractivity contribution in [2.75, 3.05) is 6.54 Å². The van der Waals surface area contributed by atoms with Crippen LogP contribution in [0.25, 0.3) is 16.6 Å². The SMILES string of the molecule is CCCNCc1cc2ccccc2c(-n2cc(C)cn2)n1. The first-order chi connectivity index (χ1) is 10.3. The molecule has 3 rings (SSSR count). The molecule has 4 heteroatoms. The highest BCUT2D eigenvalue weighted by molar-refractivity contribution is 5.88. The quantitative estimate of drug-likeness (QED) is 0.730. The molecule has 0 radical (unpaired) electrons. The summed E-state index contributed by atoms with van der Waals surface area (Å²) in [6.07, 6.45) is 5.00. The zero-order valence-corrected chi connectivity index (χ0v) is 12.5. The Morgan fingerprint density at radius 3 is 2.86 bits per heavy atom. The van der Waals surface area contributed by atoms with Gasteiger partial charge >= 0.3 is 0 Å². The Labute approximate surface area is 124 Å². The predicted octanol–water partition coefficient (Wildman–Crippen LogP) is 3.23. The van der Waals surface area contributed by atoms with Crippen molar-refractivity contribution in [2.24, 2.45) is 0 Å². The van der Waals surface area contributed by atoms with Crippen molar-refractivity contribution >= 4 is 10.8 Å². The number of hydrogen-bond acceptors (Lipinski definition) is 3. The second-order valence-corrected chi connectivity index (χ2v) is 5.30. The minimum absolute atomic E-state index is 0.784. The van der Waals surface area contributed by atoms with Gasteiger partial charge in [0, 0.05) is 18.1 Å². The molecule has 0 aliphatic rings. The number of nitrogens with one attached hydrogen (secondary N) is 1. The minimum atomic E-state index is 0.784. The van der Waals surface area contributed by atoms with Crippen LogP contribution in [-0.4, -0.2) is 21.3 Å². The van der Waals surface area contributed by atoms with Gasteiger partial charge in [0.15, 0.2) is 5.82 Å². The lowest BCUT2D eigenvalue weighted by atomic mass is 10.1. The lowest BCUT2D eigenvalue weighted by Gasteiger charge is -2.10. The van der Waals surface area contributed by atoms with Crippen molar-refractivity contribution in [1.29, 1.82) is 0 Å². The molecule has 3 aromatic rings. The Kier molecular flexibility index (Phi) is 3.97. The summed E-state index contributed by atoms with van der Waals surface area (Å²) in [6.45, 7) is 5.99. The van der Waals surface area contributed by atoms with E-state index in [0.717, 1.165) is 42.0 Å². The maximum Gasteiger partial charge on any atom is 0.161 e. The number of rotatable bonds is 5. The number of pyridine rings is 1. The third-order valence-corrected chi connectivity index (χ3v) is 3.43. The van der Waals surface area contributed by atoms with Gasteiger partial charge in [-0.3, -0.25) is 0 Å². The van der Waals surface area contributed by atoms with Gasteiger partial charge in [-0.25, -0.2) is 9.67 Å². The lowest BCUT2D eigenvalue weighted by molar-refractivity contribution is 0.662. The fraction of sp³-hybridized carbons (Fsp3) is 0.294. The first kappa shape index (κ1) is 13.8. The van der Waals surface area contributed by atoms with Crippen LogP contribution in [0.1, 0.15) is 24.6 Å². The first-order valence-electron chi connectivity index (χ1n) is 7.39. The Hall–Kier alpha value is -2.20. The van der Waals surface area contributed by atoms with Crippen LogP contribution < -0.4 is 5.32 Å². The summed E-state index contributed by atoms with van der Waals surface area (Å²) in [5.74, 6) is 0.898. The molecule has 21 heavy (non-hydrogen) atoms. The number of hydrogen-bond donors (Lipinski definition) is 1. The van der Waals surface area contributed by atoms with Crippen molar-refractivity contribution in [1.82, 2.24) is 20.1 Å². The van der Waals surface area contributed by atoms with Crippen molar-refractivity contribution in [3.63, 3.8) is 0 Å². The number of aryl methyl sites for hydroxylation is 1. The molecule has 0 saturated heterocycles. The Morgan fingerprint density at radius 2 is 2.10 bits per heavy atom. The minimum Gasteiger partial charge on any atom is -0.311 e. The smallest absolute Gasteiger partial charge is 0.161 e. The summed E-state index contributed by atoms with van der Waals surface area (Å²) in [6, 6.07) is 10.5. The molecule has 0 fully saturated rings. The third-order valence-electron chi connectivity index (χ3n) is 3.43. The number of fused-ring (bicyclic) bond motifs is 1. The first-order valence-corrected chi connectivity index (χ1v) is 7.39. The third kappa shape index (κ3) is 2.95. The van der Waals surface area contributed by atoms with E-state index in [-0.39, 0.29) is 0 Å². The monoisotopic (exact) mass is 280 g/mol. The second-order valence-electron chi connectivity index (χ2n) is 5.30. The van der Waals surface area contributed by atoms with E-state index in [9.17, 15) is 0 Å². The summed E-state index contributed by atoms with van der Waals surface area (Å²) in [7, 11) is 0. The van der Waals surface area contributed by atoms with Gasteiger partial charge in [-0.15, -0.1) is 0 Å². The maximum atomic E-state index is 4.79. The molecule has 0 amide bonds. The molecular weight excluding hydrogens is 260 g/mol. The van der Waals surface area contributed by atoms with Gasteiger partial charge in [-0.1, -0.05) is 31.2 Å². The molecule has 0 aliphatic carbocycles. The highest BCUT2D eigenvalue weighted by Gasteiger charge is 2.08. The van der Waals surface area contributed by atoms with Crippen LogP contribution >= 0.6 is 0 Å². The Bertz CT molecular complexity index is 745. The standard InChI is InChI=1S/C17H20N4/c1-3-8-18-11-15-9-14-6-4-5-7-16(14)17(20-15)21-12-13(2)10-19-21/h4-7,9-10,12,18H,3,8,11H2,1-2H3. The van der Waals surface area contributed by atoms with E-state index in [4.69, 9.17) is 4.98 Å². The van der Waals surface area contributed by atoms with Gasteiger partial charge in [-0.05, 0) is 36.9 Å². The molecule has 0 atom stereocenters. The van der Waals surface area contributed by atoms with E-state index in [1.165, 1.54) is 5.39 Å². The molecule has 0 unspecified atom stereocenters. The van der Waals surface area contributed by atoms with E-state index in [0.29, 0.717) is 0 Å². The zero-order valence-electron chi connectivity index (χ0n) is 12.5. The molecular formula is C17H20N4. The summed E-state index contributed by atoms with van der Waals surface area (Å²) < 4.78 is 1.86. The molecule has 4 nitrogen and oxygen atoms in total. The molecule has 108 valence electrons. The van der Waals surface area contributed by atoms with Gasteiger partial charge in [-0.2, -0.15) is 5.10 Å². The number of benzene rings is 1. The average Bonchev–Trinajstić information content (AvgIpc) is 2.93. The normalized spacial score (nSPS) is 11.1. The molecule has 2 aromatic heterocycles. The van der Waals surface area contributed by atoms with E-state index in [2.05, 4.69) is 41.6 Å². The van der Waals surface area contributed by atoms with E-state index < -0.39 is 0 Å². The van der Waals surface area contributed by atoms with Gasteiger partial charge < -0.3 is 5.32 Å². The topological polar surface area (TPSA) is 42.7 Å². The average molecular weight is 280 g/mol. The molecule has 0 saturated carbocycles. The van der Waals surface area contributed by atoms with E-state index >= 15 is 0 Å². The van der Waals surface area contributed by atoms with E-state index in [1.54, 1.807) is 0 Å². The summed E-state index contributed by atoms with van der Waals surface area (Å²) >= 11 is 0. The van der Waals surface area contributed by atoms with Crippen LogP contribution in [0.3, 0.4) is 0 Å². The molecule has 2 heterocycles. The molecule has 1 N–H and O–H groups in total. The van der Waals surface area contributed by atoms with Crippen LogP contribution in [0.4, 0.5) is 0 Å². The van der Waals surface area contributed by atoms with E-state index in [1.807, 2.05) is 30.1 Å². The highest BCUT2D eigenvalue weighted by Crippen LogP contribution is 2.21. The maximum absolute atomic E-state index is 4.79. The summed E-state index contributed by atoms with van der Waals surface area (Å²) in [5.41, 5.74) is 2.18. The fourth-order valence-electron chi connectivity index (χ4n) is 2.42. The van der Waals surface area contributed by atoms with Crippen molar-refractivity contribution in [3.05, 3.63) is 54.0 Å². The molecule has 0 aliphatic heterocycles.